The number of aliphatic hydroxyl groups excluding tert-OH is 1. The first-order valence-electron chi connectivity index (χ1n) is 8.36. The van der Waals surface area contributed by atoms with E-state index in [1.807, 2.05) is 52.0 Å². The first kappa shape index (κ1) is 19.0. The van der Waals surface area contributed by atoms with Gasteiger partial charge in [-0.05, 0) is 24.6 Å². The van der Waals surface area contributed by atoms with Gasteiger partial charge in [-0.2, -0.15) is 5.10 Å². The molecule has 2 N–H and O–H groups in total. The molecule has 1 unspecified atom stereocenters. The van der Waals surface area contributed by atoms with Crippen LogP contribution in [0.1, 0.15) is 42.4 Å². The number of aromatic nitrogens is 2. The number of hydrogen-bond acceptors (Lipinski definition) is 4. The minimum Gasteiger partial charge on any atom is -0.491 e. The third-order valence-corrected chi connectivity index (χ3v) is 3.71. The van der Waals surface area contributed by atoms with Crippen LogP contribution in [0.2, 0.25) is 0 Å². The van der Waals surface area contributed by atoms with Crippen molar-refractivity contribution in [2.75, 3.05) is 13.2 Å². The van der Waals surface area contributed by atoms with Crippen LogP contribution in [0.3, 0.4) is 0 Å². The first-order chi connectivity index (χ1) is 11.7. The summed E-state index contributed by atoms with van der Waals surface area (Å²) in [5, 5.41) is 17.2. The van der Waals surface area contributed by atoms with E-state index in [1.54, 1.807) is 17.9 Å². The van der Waals surface area contributed by atoms with Crippen molar-refractivity contribution in [3.8, 4) is 5.75 Å². The molecule has 0 aliphatic heterocycles. The fraction of sp³-hybridized carbons (Fsp3) is 0.474. The first-order valence-corrected chi connectivity index (χ1v) is 8.36. The molecule has 1 aromatic heterocycles. The normalized spacial score (nSPS) is 12.7. The molecule has 0 spiro atoms. The Hall–Kier alpha value is -2.34. The van der Waals surface area contributed by atoms with Crippen LogP contribution in [-0.2, 0) is 12.5 Å². The molecule has 6 heteroatoms. The van der Waals surface area contributed by atoms with Crippen LogP contribution in [0.15, 0.2) is 30.5 Å². The number of hydrogen-bond donors (Lipinski definition) is 2. The van der Waals surface area contributed by atoms with E-state index in [1.165, 1.54) is 0 Å². The monoisotopic (exact) mass is 345 g/mol. The fourth-order valence-electron chi connectivity index (χ4n) is 2.47. The number of carbonyl (C=O) groups excluding carboxylic acids is 1. The Labute approximate surface area is 148 Å². The predicted molar refractivity (Wildman–Crippen MR) is 96.9 cm³/mol. The second-order valence-electron chi connectivity index (χ2n) is 7.31. The summed E-state index contributed by atoms with van der Waals surface area (Å²) in [4.78, 5) is 12.4. The molecule has 6 nitrogen and oxygen atoms in total. The summed E-state index contributed by atoms with van der Waals surface area (Å²) in [6, 6.07) is 7.61. The molecular weight excluding hydrogens is 318 g/mol. The maximum atomic E-state index is 12.4. The second-order valence-corrected chi connectivity index (χ2v) is 7.31. The summed E-state index contributed by atoms with van der Waals surface area (Å²) in [5.41, 5.74) is 2.12. The summed E-state index contributed by atoms with van der Waals surface area (Å²) in [7, 11) is 1.79. The number of nitrogens with one attached hydrogen (secondary N) is 1. The molecule has 2 aromatic rings. The molecule has 0 aliphatic carbocycles. The van der Waals surface area contributed by atoms with E-state index in [9.17, 15) is 9.90 Å². The van der Waals surface area contributed by atoms with Gasteiger partial charge in [-0.25, -0.2) is 0 Å². The second kappa shape index (κ2) is 7.70. The maximum absolute atomic E-state index is 12.4. The van der Waals surface area contributed by atoms with Crippen molar-refractivity contribution in [1.82, 2.24) is 15.1 Å². The highest BCUT2D eigenvalue weighted by Gasteiger charge is 2.25. The lowest BCUT2D eigenvalue weighted by Crippen LogP contribution is -2.36. The number of benzene rings is 1. The van der Waals surface area contributed by atoms with Crippen molar-refractivity contribution in [2.24, 2.45) is 7.05 Å². The van der Waals surface area contributed by atoms with Crippen LogP contribution in [0.5, 0.6) is 5.75 Å². The van der Waals surface area contributed by atoms with E-state index < -0.39 is 6.10 Å². The minimum atomic E-state index is -0.792. The van der Waals surface area contributed by atoms with Crippen LogP contribution in [0.4, 0.5) is 0 Å². The Morgan fingerprint density at radius 3 is 2.76 bits per heavy atom. The SMILES string of the molecule is Cc1cccc(OCC(O)CNC(=O)c2cn(C)nc2C(C)(C)C)c1. The Kier molecular flexibility index (Phi) is 5.85. The third kappa shape index (κ3) is 5.32. The molecule has 1 heterocycles. The minimum absolute atomic E-state index is 0.114. The van der Waals surface area contributed by atoms with Gasteiger partial charge >= 0.3 is 0 Å². The molecule has 25 heavy (non-hydrogen) atoms. The molecule has 0 radical (unpaired) electrons. The van der Waals surface area contributed by atoms with E-state index >= 15 is 0 Å². The summed E-state index contributed by atoms with van der Waals surface area (Å²) < 4.78 is 7.18. The van der Waals surface area contributed by atoms with Gasteiger partial charge in [-0.15, -0.1) is 0 Å². The van der Waals surface area contributed by atoms with Gasteiger partial charge in [-0.3, -0.25) is 9.48 Å². The van der Waals surface area contributed by atoms with Crippen molar-refractivity contribution >= 4 is 5.91 Å². The van der Waals surface area contributed by atoms with Gasteiger partial charge in [-0.1, -0.05) is 32.9 Å². The average Bonchev–Trinajstić information content (AvgIpc) is 2.93. The average molecular weight is 345 g/mol. The van der Waals surface area contributed by atoms with Crippen LogP contribution < -0.4 is 10.1 Å². The number of ether oxygens (including phenoxy) is 1. The summed E-state index contributed by atoms with van der Waals surface area (Å²) in [6.45, 7) is 8.24. The van der Waals surface area contributed by atoms with Gasteiger partial charge in [0.1, 0.15) is 18.5 Å². The van der Waals surface area contributed by atoms with Crippen LogP contribution in [0.25, 0.3) is 0 Å². The van der Waals surface area contributed by atoms with Gasteiger partial charge in [0.2, 0.25) is 0 Å². The molecular formula is C19H27N3O3. The maximum Gasteiger partial charge on any atom is 0.254 e. The summed E-state index contributed by atoms with van der Waals surface area (Å²) in [6.07, 6.45) is 0.908. The Balaban J connectivity index is 1.89. The molecule has 0 aliphatic rings. The van der Waals surface area contributed by atoms with Crippen molar-refractivity contribution in [3.63, 3.8) is 0 Å². The van der Waals surface area contributed by atoms with E-state index in [0.29, 0.717) is 11.3 Å². The van der Waals surface area contributed by atoms with Crippen molar-refractivity contribution in [2.45, 2.75) is 39.2 Å². The standard InChI is InChI=1S/C19H27N3O3/c1-13-7-6-8-15(9-13)25-12-14(23)10-20-18(24)16-11-22(5)21-17(16)19(2,3)4/h6-9,11,14,23H,10,12H2,1-5H3,(H,20,24). The molecule has 0 fully saturated rings. The molecule has 0 saturated heterocycles. The number of amides is 1. The summed E-state index contributed by atoms with van der Waals surface area (Å²) >= 11 is 0. The van der Waals surface area contributed by atoms with Crippen molar-refractivity contribution in [1.29, 1.82) is 0 Å². The lowest BCUT2D eigenvalue weighted by molar-refractivity contribution is 0.0842. The van der Waals surface area contributed by atoms with Crippen LogP contribution in [0, 0.1) is 6.92 Å². The van der Waals surface area contributed by atoms with Crippen LogP contribution >= 0.6 is 0 Å². The van der Waals surface area contributed by atoms with Gasteiger partial charge in [0.05, 0.1) is 11.3 Å². The zero-order valence-electron chi connectivity index (χ0n) is 15.5. The van der Waals surface area contributed by atoms with E-state index in [0.717, 1.165) is 11.3 Å². The van der Waals surface area contributed by atoms with Gasteiger partial charge in [0.25, 0.3) is 5.91 Å². The molecule has 0 bridgehead atoms. The third-order valence-electron chi connectivity index (χ3n) is 3.71. The van der Waals surface area contributed by atoms with Gasteiger partial charge < -0.3 is 15.2 Å². The highest BCUT2D eigenvalue weighted by Crippen LogP contribution is 2.24. The smallest absolute Gasteiger partial charge is 0.254 e. The molecule has 1 amide bonds. The molecule has 1 aromatic carbocycles. The predicted octanol–water partition coefficient (Wildman–Crippen LogP) is 2.20. The molecule has 0 saturated carbocycles. The lowest BCUT2D eigenvalue weighted by atomic mass is 9.89. The quantitative estimate of drug-likeness (QED) is 0.841. The van der Waals surface area contributed by atoms with Gasteiger partial charge in [0.15, 0.2) is 0 Å². The summed E-state index contributed by atoms with van der Waals surface area (Å²) in [5.74, 6) is 0.459. The number of rotatable bonds is 6. The Bertz CT molecular complexity index is 732. The van der Waals surface area contributed by atoms with E-state index in [2.05, 4.69) is 10.4 Å². The molecule has 1 atom stereocenters. The lowest BCUT2D eigenvalue weighted by Gasteiger charge is -2.18. The van der Waals surface area contributed by atoms with Crippen LogP contribution in [-0.4, -0.2) is 40.0 Å². The highest BCUT2D eigenvalue weighted by atomic mass is 16.5. The topological polar surface area (TPSA) is 76.4 Å². The number of carbonyl (C=O) groups is 1. The van der Waals surface area contributed by atoms with Gasteiger partial charge in [0, 0.05) is 25.2 Å². The Morgan fingerprint density at radius 1 is 1.40 bits per heavy atom. The number of nitrogens with zero attached hydrogens (tertiary/aromatic N) is 2. The Morgan fingerprint density at radius 2 is 2.12 bits per heavy atom. The van der Waals surface area contributed by atoms with Crippen molar-refractivity contribution in [3.05, 3.63) is 47.3 Å². The van der Waals surface area contributed by atoms with Crippen molar-refractivity contribution < 1.29 is 14.6 Å². The zero-order chi connectivity index (χ0) is 18.6. The van der Waals surface area contributed by atoms with E-state index in [-0.39, 0.29) is 24.5 Å². The zero-order valence-corrected chi connectivity index (χ0v) is 15.5. The largest absolute Gasteiger partial charge is 0.491 e. The highest BCUT2D eigenvalue weighted by molar-refractivity contribution is 5.95. The molecule has 2 rings (SSSR count). The fourth-order valence-corrected chi connectivity index (χ4v) is 2.47. The van der Waals surface area contributed by atoms with E-state index in [4.69, 9.17) is 4.74 Å². The number of aryl methyl sites for hydroxylation is 2. The molecule has 136 valence electrons. The number of aliphatic hydroxyl groups is 1.